The number of nitrogens with zero attached hydrogens (tertiary/aromatic N) is 3. The summed E-state index contributed by atoms with van der Waals surface area (Å²) in [6.07, 6.45) is 6.76. The second-order valence-electron chi connectivity index (χ2n) is 8.21. The number of benzene rings is 1. The van der Waals surface area contributed by atoms with Crippen molar-refractivity contribution in [3.63, 3.8) is 0 Å². The fourth-order valence-electron chi connectivity index (χ4n) is 4.08. The molecule has 9 heteroatoms. The molecule has 1 aliphatic rings. The van der Waals surface area contributed by atoms with E-state index in [0.717, 1.165) is 37.9 Å². The second-order valence-corrected chi connectivity index (χ2v) is 9.00. The van der Waals surface area contributed by atoms with Crippen LogP contribution in [0.4, 0.5) is 11.5 Å². The highest BCUT2D eigenvalue weighted by molar-refractivity contribution is 9.10. The number of pyridine rings is 1. The molecule has 1 aliphatic heterocycles. The predicted molar refractivity (Wildman–Crippen MR) is 132 cm³/mol. The molecular formula is C24H27BrN6O2. The molecule has 3 N–H and O–H groups in total. The number of amides is 2. The third kappa shape index (κ3) is 5.60. The molecule has 3 aromatic rings. The van der Waals surface area contributed by atoms with Crippen molar-refractivity contribution < 1.29 is 9.59 Å². The van der Waals surface area contributed by atoms with Gasteiger partial charge in [0.05, 0.1) is 4.47 Å². The molecule has 1 fully saturated rings. The summed E-state index contributed by atoms with van der Waals surface area (Å²) in [6.45, 7) is 4.48. The molecule has 0 aliphatic carbocycles. The third-order valence-electron chi connectivity index (χ3n) is 6.03. The Hall–Kier alpha value is -3.20. The van der Waals surface area contributed by atoms with Gasteiger partial charge in [-0.15, -0.1) is 0 Å². The van der Waals surface area contributed by atoms with Crippen LogP contribution in [0.25, 0.3) is 0 Å². The molecule has 172 valence electrons. The Balaban J connectivity index is 1.25. The zero-order valence-electron chi connectivity index (χ0n) is 18.5. The normalized spacial score (nSPS) is 14.2. The summed E-state index contributed by atoms with van der Waals surface area (Å²) in [5, 5.41) is 12.5. The van der Waals surface area contributed by atoms with Gasteiger partial charge in [-0.1, -0.05) is 18.2 Å². The molecule has 0 unspecified atom stereocenters. The minimum Gasteiger partial charge on any atom is -0.371 e. The van der Waals surface area contributed by atoms with Gasteiger partial charge in [-0.3, -0.25) is 19.7 Å². The first-order valence-corrected chi connectivity index (χ1v) is 11.9. The number of aromatic nitrogens is 3. The molecule has 0 atom stereocenters. The van der Waals surface area contributed by atoms with Crippen molar-refractivity contribution >= 4 is 39.2 Å². The Labute approximate surface area is 201 Å². The summed E-state index contributed by atoms with van der Waals surface area (Å²) in [5.41, 5.74) is 2.88. The SMILES string of the molecule is Cc1ccccc1C(=O)Nc1[nH]nc(C(=O)NCCC2CCN(c3ccncc3)CC2)c1Br. The molecule has 0 spiro atoms. The summed E-state index contributed by atoms with van der Waals surface area (Å²) in [6, 6.07) is 11.4. The second kappa shape index (κ2) is 10.6. The summed E-state index contributed by atoms with van der Waals surface area (Å²) in [5.74, 6) is 0.401. The molecule has 8 nitrogen and oxygen atoms in total. The Morgan fingerprint density at radius 2 is 1.85 bits per heavy atom. The molecule has 0 saturated carbocycles. The summed E-state index contributed by atoms with van der Waals surface area (Å²) in [7, 11) is 0. The quantitative estimate of drug-likeness (QED) is 0.442. The van der Waals surface area contributed by atoms with Crippen LogP contribution in [0.3, 0.4) is 0 Å². The molecule has 2 aromatic heterocycles. The number of nitrogens with one attached hydrogen (secondary N) is 3. The van der Waals surface area contributed by atoms with E-state index in [1.165, 1.54) is 5.69 Å². The minimum absolute atomic E-state index is 0.225. The fraction of sp³-hybridized carbons (Fsp3) is 0.333. The van der Waals surface area contributed by atoms with Crippen LogP contribution < -0.4 is 15.5 Å². The van der Waals surface area contributed by atoms with Crippen LogP contribution in [0, 0.1) is 12.8 Å². The van der Waals surface area contributed by atoms with Crippen molar-refractivity contribution in [1.29, 1.82) is 0 Å². The van der Waals surface area contributed by atoms with Crippen LogP contribution in [0.15, 0.2) is 53.3 Å². The largest absolute Gasteiger partial charge is 0.371 e. The topological polar surface area (TPSA) is 103 Å². The molecule has 3 heterocycles. The highest BCUT2D eigenvalue weighted by Gasteiger charge is 2.22. The number of hydrogen-bond donors (Lipinski definition) is 3. The lowest BCUT2D eigenvalue weighted by Gasteiger charge is -2.33. The molecular weight excluding hydrogens is 484 g/mol. The maximum atomic E-state index is 12.6. The minimum atomic E-state index is -0.274. The number of anilines is 2. The van der Waals surface area contributed by atoms with Crippen LogP contribution in [0.1, 0.15) is 45.7 Å². The lowest BCUT2D eigenvalue weighted by Crippen LogP contribution is -2.35. The van der Waals surface area contributed by atoms with Gasteiger partial charge in [-0.25, -0.2) is 0 Å². The smallest absolute Gasteiger partial charge is 0.273 e. The van der Waals surface area contributed by atoms with Crippen LogP contribution in [0.5, 0.6) is 0 Å². The fourth-order valence-corrected chi connectivity index (χ4v) is 4.53. The summed E-state index contributed by atoms with van der Waals surface area (Å²) in [4.78, 5) is 31.6. The van der Waals surface area contributed by atoms with E-state index >= 15 is 0 Å². The van der Waals surface area contributed by atoms with E-state index in [0.29, 0.717) is 28.3 Å². The van der Waals surface area contributed by atoms with Gasteiger partial charge in [0.1, 0.15) is 5.82 Å². The standard InChI is InChI=1S/C24H27BrN6O2/c1-16-4-2-3-5-19(16)23(32)28-22-20(25)21(29-30-22)24(33)27-13-6-17-9-14-31(15-10-17)18-7-11-26-12-8-18/h2-5,7-8,11-12,17H,6,9-10,13-15H2,1H3,(H,27,33)(H2,28,29,30,32). The van der Waals surface area contributed by atoms with Gasteiger partial charge >= 0.3 is 0 Å². The zero-order chi connectivity index (χ0) is 23.2. The maximum absolute atomic E-state index is 12.6. The average molecular weight is 511 g/mol. The summed E-state index contributed by atoms with van der Waals surface area (Å²) >= 11 is 3.39. The highest BCUT2D eigenvalue weighted by atomic mass is 79.9. The van der Waals surface area contributed by atoms with Gasteiger partial charge in [0, 0.05) is 43.3 Å². The Bertz CT molecular complexity index is 1110. The van der Waals surface area contributed by atoms with Crippen molar-refractivity contribution in [1.82, 2.24) is 20.5 Å². The van der Waals surface area contributed by atoms with Gasteiger partial charge < -0.3 is 15.5 Å². The maximum Gasteiger partial charge on any atom is 0.273 e. The van der Waals surface area contributed by atoms with E-state index in [2.05, 4.69) is 46.6 Å². The van der Waals surface area contributed by atoms with Crippen LogP contribution in [-0.4, -0.2) is 46.6 Å². The predicted octanol–water partition coefficient (Wildman–Crippen LogP) is 4.16. The van der Waals surface area contributed by atoms with Gasteiger partial charge in [-0.05, 0) is 71.8 Å². The number of halogens is 1. The molecule has 1 saturated heterocycles. The van der Waals surface area contributed by atoms with E-state index in [-0.39, 0.29) is 17.5 Å². The van der Waals surface area contributed by atoms with E-state index in [4.69, 9.17) is 0 Å². The lowest BCUT2D eigenvalue weighted by molar-refractivity contribution is 0.0944. The molecule has 0 bridgehead atoms. The van der Waals surface area contributed by atoms with E-state index in [1.54, 1.807) is 6.07 Å². The number of carbonyl (C=O) groups is 2. The third-order valence-corrected chi connectivity index (χ3v) is 6.80. The van der Waals surface area contributed by atoms with Crippen LogP contribution in [-0.2, 0) is 0 Å². The Morgan fingerprint density at radius 3 is 2.58 bits per heavy atom. The first-order valence-electron chi connectivity index (χ1n) is 11.1. The molecule has 2 amide bonds. The number of piperidine rings is 1. The summed E-state index contributed by atoms with van der Waals surface area (Å²) < 4.78 is 0.438. The van der Waals surface area contributed by atoms with Crippen molar-refractivity contribution in [2.24, 2.45) is 5.92 Å². The number of carbonyl (C=O) groups excluding carboxylic acids is 2. The number of hydrogen-bond acceptors (Lipinski definition) is 5. The monoisotopic (exact) mass is 510 g/mol. The zero-order valence-corrected chi connectivity index (χ0v) is 20.1. The lowest BCUT2D eigenvalue weighted by atomic mass is 9.93. The Morgan fingerprint density at radius 1 is 1.12 bits per heavy atom. The van der Waals surface area contributed by atoms with Crippen molar-refractivity contribution in [3.8, 4) is 0 Å². The molecule has 1 aromatic carbocycles. The number of aryl methyl sites for hydroxylation is 1. The van der Waals surface area contributed by atoms with Crippen molar-refractivity contribution in [2.45, 2.75) is 26.2 Å². The highest BCUT2D eigenvalue weighted by Crippen LogP contribution is 2.26. The van der Waals surface area contributed by atoms with Crippen LogP contribution in [0.2, 0.25) is 0 Å². The van der Waals surface area contributed by atoms with Gasteiger partial charge in [-0.2, -0.15) is 5.10 Å². The van der Waals surface area contributed by atoms with E-state index in [1.807, 2.05) is 49.6 Å². The van der Waals surface area contributed by atoms with Crippen molar-refractivity contribution in [2.75, 3.05) is 29.9 Å². The van der Waals surface area contributed by atoms with Gasteiger partial charge in [0.25, 0.3) is 11.8 Å². The van der Waals surface area contributed by atoms with Crippen molar-refractivity contribution in [3.05, 3.63) is 70.1 Å². The number of aromatic amines is 1. The molecule has 0 radical (unpaired) electrons. The van der Waals surface area contributed by atoms with E-state index in [9.17, 15) is 9.59 Å². The molecule has 33 heavy (non-hydrogen) atoms. The first-order chi connectivity index (χ1) is 16.0. The van der Waals surface area contributed by atoms with E-state index < -0.39 is 0 Å². The Kier molecular flexibility index (Phi) is 7.39. The first kappa shape index (κ1) is 23.0. The average Bonchev–Trinajstić information content (AvgIpc) is 3.20. The van der Waals surface area contributed by atoms with Gasteiger partial charge in [0.15, 0.2) is 5.69 Å². The number of H-pyrrole nitrogens is 1. The van der Waals surface area contributed by atoms with Gasteiger partial charge in [0.2, 0.25) is 0 Å². The van der Waals surface area contributed by atoms with Crippen LogP contribution >= 0.6 is 15.9 Å². The molecule has 4 rings (SSSR count). The number of rotatable bonds is 7.